The first-order chi connectivity index (χ1) is 8.99. The van der Waals surface area contributed by atoms with Gasteiger partial charge in [0, 0.05) is 23.5 Å². The van der Waals surface area contributed by atoms with E-state index in [0.717, 1.165) is 0 Å². The third-order valence-electron chi connectivity index (χ3n) is 2.66. The number of benzene rings is 1. The molecule has 0 heterocycles. The van der Waals surface area contributed by atoms with E-state index in [1.807, 2.05) is 0 Å². The molecule has 0 atom stereocenters. The van der Waals surface area contributed by atoms with E-state index in [-0.39, 0.29) is 24.7 Å². The number of carboxylic acid groups (broad SMARTS) is 1. The van der Waals surface area contributed by atoms with Gasteiger partial charge in [0.2, 0.25) is 0 Å². The molecule has 0 saturated carbocycles. The second-order valence-electron chi connectivity index (χ2n) is 3.88. The summed E-state index contributed by atoms with van der Waals surface area (Å²) in [7, 11) is 0. The molecular formula is C13H16FNO3S. The minimum atomic E-state index is -0.949. The Hall–Kier alpha value is -1.56. The highest BCUT2D eigenvalue weighted by atomic mass is 32.2. The SMILES string of the molecule is CCN(CCC(=O)O)C(=O)c1ccc(F)c(SC)c1. The van der Waals surface area contributed by atoms with Crippen LogP contribution >= 0.6 is 11.8 Å². The van der Waals surface area contributed by atoms with Gasteiger partial charge in [-0.1, -0.05) is 0 Å². The second kappa shape index (κ2) is 7.13. The van der Waals surface area contributed by atoms with Gasteiger partial charge in [0.15, 0.2) is 0 Å². The highest BCUT2D eigenvalue weighted by Crippen LogP contribution is 2.21. The molecule has 0 aliphatic heterocycles. The van der Waals surface area contributed by atoms with Gasteiger partial charge in [0.05, 0.1) is 6.42 Å². The van der Waals surface area contributed by atoms with Gasteiger partial charge in [0.1, 0.15) is 5.82 Å². The van der Waals surface area contributed by atoms with Crippen molar-refractivity contribution in [2.75, 3.05) is 19.3 Å². The molecule has 1 aromatic carbocycles. The van der Waals surface area contributed by atoms with Crippen molar-refractivity contribution in [3.63, 3.8) is 0 Å². The van der Waals surface area contributed by atoms with E-state index in [1.54, 1.807) is 13.2 Å². The van der Waals surface area contributed by atoms with Gasteiger partial charge in [-0.2, -0.15) is 0 Å². The fourth-order valence-electron chi connectivity index (χ4n) is 1.61. The molecule has 1 amide bonds. The minimum Gasteiger partial charge on any atom is -0.481 e. The largest absolute Gasteiger partial charge is 0.481 e. The third kappa shape index (κ3) is 4.24. The fourth-order valence-corrected chi connectivity index (χ4v) is 2.12. The molecule has 19 heavy (non-hydrogen) atoms. The highest BCUT2D eigenvalue weighted by Gasteiger charge is 2.16. The molecular weight excluding hydrogens is 269 g/mol. The zero-order valence-corrected chi connectivity index (χ0v) is 11.7. The Kier molecular flexibility index (Phi) is 5.82. The number of nitrogens with zero attached hydrogens (tertiary/aromatic N) is 1. The summed E-state index contributed by atoms with van der Waals surface area (Å²) in [5.41, 5.74) is 0.373. The van der Waals surface area contributed by atoms with E-state index in [2.05, 4.69) is 0 Å². The molecule has 104 valence electrons. The van der Waals surface area contributed by atoms with E-state index in [9.17, 15) is 14.0 Å². The van der Waals surface area contributed by atoms with E-state index >= 15 is 0 Å². The summed E-state index contributed by atoms with van der Waals surface area (Å²) in [6.45, 7) is 2.34. The summed E-state index contributed by atoms with van der Waals surface area (Å²) in [5.74, 6) is -1.59. The lowest BCUT2D eigenvalue weighted by Crippen LogP contribution is -2.32. The summed E-state index contributed by atoms with van der Waals surface area (Å²) in [4.78, 5) is 24.5. The molecule has 0 spiro atoms. The van der Waals surface area contributed by atoms with Crippen LogP contribution in [0.1, 0.15) is 23.7 Å². The molecule has 0 unspecified atom stereocenters. The van der Waals surface area contributed by atoms with E-state index in [1.165, 1.54) is 34.9 Å². The maximum atomic E-state index is 13.3. The van der Waals surface area contributed by atoms with Crippen molar-refractivity contribution in [1.29, 1.82) is 0 Å². The van der Waals surface area contributed by atoms with Crippen LogP contribution in [0, 0.1) is 5.82 Å². The molecule has 0 aliphatic rings. The van der Waals surface area contributed by atoms with Gasteiger partial charge in [-0.15, -0.1) is 11.8 Å². The van der Waals surface area contributed by atoms with Crippen molar-refractivity contribution in [3.05, 3.63) is 29.6 Å². The van der Waals surface area contributed by atoms with Crippen LogP contribution in [0.25, 0.3) is 0 Å². The number of amides is 1. The van der Waals surface area contributed by atoms with Crippen molar-refractivity contribution >= 4 is 23.6 Å². The summed E-state index contributed by atoms with van der Waals surface area (Å²) >= 11 is 1.22. The molecule has 1 N–H and O–H groups in total. The third-order valence-corrected chi connectivity index (χ3v) is 3.42. The van der Waals surface area contributed by atoms with Crippen molar-refractivity contribution in [2.45, 2.75) is 18.2 Å². The van der Waals surface area contributed by atoms with Crippen molar-refractivity contribution in [1.82, 2.24) is 4.90 Å². The number of aliphatic carboxylic acids is 1. The summed E-state index contributed by atoms with van der Waals surface area (Å²) in [5, 5.41) is 8.64. The number of hydrogen-bond donors (Lipinski definition) is 1. The van der Waals surface area contributed by atoms with E-state index in [4.69, 9.17) is 5.11 Å². The number of rotatable bonds is 6. The Morgan fingerprint density at radius 3 is 2.63 bits per heavy atom. The van der Waals surface area contributed by atoms with Crippen LogP contribution in [0.15, 0.2) is 23.1 Å². The lowest BCUT2D eigenvalue weighted by molar-refractivity contribution is -0.137. The molecule has 1 aromatic rings. The Balaban J connectivity index is 2.87. The Morgan fingerprint density at radius 1 is 1.42 bits per heavy atom. The predicted octanol–water partition coefficient (Wildman–Crippen LogP) is 2.48. The first kappa shape index (κ1) is 15.5. The van der Waals surface area contributed by atoms with E-state index in [0.29, 0.717) is 17.0 Å². The van der Waals surface area contributed by atoms with Crippen molar-refractivity contribution in [3.8, 4) is 0 Å². The normalized spacial score (nSPS) is 10.3. The lowest BCUT2D eigenvalue weighted by Gasteiger charge is -2.20. The maximum Gasteiger partial charge on any atom is 0.305 e. The summed E-state index contributed by atoms with van der Waals surface area (Å²) < 4.78 is 13.3. The van der Waals surface area contributed by atoms with Crippen LogP contribution in [-0.2, 0) is 4.79 Å². The summed E-state index contributed by atoms with van der Waals surface area (Å²) in [6.07, 6.45) is 1.63. The molecule has 0 aliphatic carbocycles. The van der Waals surface area contributed by atoms with Crippen LogP contribution in [0.4, 0.5) is 4.39 Å². The first-order valence-electron chi connectivity index (χ1n) is 5.84. The van der Waals surface area contributed by atoms with Crippen LogP contribution in [-0.4, -0.2) is 41.2 Å². The number of halogens is 1. The lowest BCUT2D eigenvalue weighted by atomic mass is 10.2. The van der Waals surface area contributed by atoms with Gasteiger partial charge in [0.25, 0.3) is 5.91 Å². The molecule has 0 bridgehead atoms. The monoisotopic (exact) mass is 285 g/mol. The molecule has 6 heteroatoms. The Morgan fingerprint density at radius 2 is 2.11 bits per heavy atom. The number of carbonyl (C=O) groups excluding carboxylic acids is 1. The van der Waals surface area contributed by atoms with Crippen LogP contribution in [0.3, 0.4) is 0 Å². The van der Waals surface area contributed by atoms with Gasteiger partial charge in [-0.3, -0.25) is 9.59 Å². The maximum absolute atomic E-state index is 13.3. The quantitative estimate of drug-likeness (QED) is 0.816. The van der Waals surface area contributed by atoms with Gasteiger partial charge >= 0.3 is 5.97 Å². The van der Waals surface area contributed by atoms with Gasteiger partial charge < -0.3 is 10.0 Å². The topological polar surface area (TPSA) is 57.6 Å². The molecule has 0 fully saturated rings. The fraction of sp³-hybridized carbons (Fsp3) is 0.385. The molecule has 0 radical (unpaired) electrons. The number of carboxylic acids is 1. The molecule has 4 nitrogen and oxygen atoms in total. The molecule has 1 rings (SSSR count). The van der Waals surface area contributed by atoms with Crippen molar-refractivity contribution in [2.24, 2.45) is 0 Å². The second-order valence-corrected chi connectivity index (χ2v) is 4.73. The number of hydrogen-bond acceptors (Lipinski definition) is 3. The zero-order valence-electron chi connectivity index (χ0n) is 10.9. The first-order valence-corrected chi connectivity index (χ1v) is 7.06. The van der Waals surface area contributed by atoms with Crippen LogP contribution in [0.5, 0.6) is 0 Å². The smallest absolute Gasteiger partial charge is 0.305 e. The zero-order chi connectivity index (χ0) is 14.4. The number of carbonyl (C=O) groups is 2. The minimum absolute atomic E-state index is 0.101. The van der Waals surface area contributed by atoms with Gasteiger partial charge in [-0.05, 0) is 31.4 Å². The van der Waals surface area contributed by atoms with E-state index < -0.39 is 5.97 Å². The molecule has 0 aromatic heterocycles. The van der Waals surface area contributed by atoms with Crippen LogP contribution < -0.4 is 0 Å². The highest BCUT2D eigenvalue weighted by molar-refractivity contribution is 7.98. The molecule has 0 saturated heterocycles. The summed E-state index contributed by atoms with van der Waals surface area (Å²) in [6, 6.07) is 4.16. The van der Waals surface area contributed by atoms with Crippen LogP contribution in [0.2, 0.25) is 0 Å². The Bertz CT molecular complexity index is 479. The Labute approximate surface area is 115 Å². The van der Waals surface area contributed by atoms with Crippen molar-refractivity contribution < 1.29 is 19.1 Å². The standard InChI is InChI=1S/C13H16FNO3S/c1-3-15(7-6-12(16)17)13(18)9-4-5-10(14)11(8-9)19-2/h4-5,8H,3,6-7H2,1-2H3,(H,16,17). The predicted molar refractivity (Wildman–Crippen MR) is 72.0 cm³/mol. The number of thioether (sulfide) groups is 1. The average molecular weight is 285 g/mol. The average Bonchev–Trinajstić information content (AvgIpc) is 2.39. The van der Waals surface area contributed by atoms with Gasteiger partial charge in [-0.25, -0.2) is 4.39 Å².